The van der Waals surface area contributed by atoms with Gasteiger partial charge in [0, 0.05) is 22.3 Å². The third-order valence-corrected chi connectivity index (χ3v) is 6.13. The van der Waals surface area contributed by atoms with Crippen LogP contribution in [0.5, 0.6) is 0 Å². The molecule has 36 heavy (non-hydrogen) atoms. The summed E-state index contributed by atoms with van der Waals surface area (Å²) in [4.78, 5) is 19.6. The first-order valence-corrected chi connectivity index (χ1v) is 11.6. The van der Waals surface area contributed by atoms with Crippen molar-refractivity contribution in [2.24, 2.45) is 0 Å². The van der Waals surface area contributed by atoms with Crippen molar-refractivity contribution in [2.45, 2.75) is 19.4 Å². The maximum atomic E-state index is 11.9. The molecule has 0 bridgehead atoms. The SMILES string of the molecule is Cc1cc(C(C#N)c2ccc(Cl)cc2)c(Cl)cc1Nc1ncnc(NCc2ccccc2)c1[N+](=O)[O-]. The van der Waals surface area contributed by atoms with Gasteiger partial charge in [0.2, 0.25) is 11.6 Å². The van der Waals surface area contributed by atoms with Gasteiger partial charge in [-0.1, -0.05) is 71.7 Å². The number of nitro groups is 1. The van der Waals surface area contributed by atoms with Gasteiger partial charge in [-0.2, -0.15) is 5.26 Å². The Hall–Kier alpha value is -4.19. The third-order valence-electron chi connectivity index (χ3n) is 5.55. The Bertz CT molecular complexity index is 1440. The summed E-state index contributed by atoms with van der Waals surface area (Å²) < 4.78 is 0. The molecule has 8 nitrogen and oxygen atoms in total. The largest absolute Gasteiger partial charge is 0.360 e. The third kappa shape index (κ3) is 5.54. The molecule has 0 amide bonds. The molecule has 0 saturated heterocycles. The molecule has 4 aromatic rings. The number of nitriles is 1. The van der Waals surface area contributed by atoms with Crippen molar-refractivity contribution in [2.75, 3.05) is 10.6 Å². The van der Waals surface area contributed by atoms with Gasteiger partial charge in [-0.25, -0.2) is 9.97 Å². The van der Waals surface area contributed by atoms with E-state index in [2.05, 4.69) is 26.7 Å². The van der Waals surface area contributed by atoms with E-state index in [0.717, 1.165) is 16.7 Å². The van der Waals surface area contributed by atoms with Gasteiger partial charge >= 0.3 is 5.69 Å². The minimum Gasteiger partial charge on any atom is -0.360 e. The van der Waals surface area contributed by atoms with Crippen LogP contribution in [0, 0.1) is 28.4 Å². The average Bonchev–Trinajstić information content (AvgIpc) is 2.87. The molecular formula is C26H20Cl2N6O2. The number of rotatable bonds is 8. The summed E-state index contributed by atoms with van der Waals surface area (Å²) >= 11 is 12.6. The van der Waals surface area contributed by atoms with Crippen LogP contribution < -0.4 is 10.6 Å². The lowest BCUT2D eigenvalue weighted by molar-refractivity contribution is -0.383. The van der Waals surface area contributed by atoms with Crippen molar-refractivity contribution in [3.63, 3.8) is 0 Å². The van der Waals surface area contributed by atoms with Crippen molar-refractivity contribution in [3.05, 3.63) is 115 Å². The van der Waals surface area contributed by atoms with Gasteiger partial charge in [-0.15, -0.1) is 0 Å². The quantitative estimate of drug-likeness (QED) is 0.190. The van der Waals surface area contributed by atoms with E-state index in [1.807, 2.05) is 37.3 Å². The molecule has 0 saturated carbocycles. The smallest absolute Gasteiger partial charge is 0.353 e. The second kappa shape index (κ2) is 11.0. The second-order valence-corrected chi connectivity index (χ2v) is 8.79. The van der Waals surface area contributed by atoms with Crippen LogP contribution in [-0.4, -0.2) is 14.9 Å². The molecule has 3 aromatic carbocycles. The number of aromatic nitrogens is 2. The molecule has 1 heterocycles. The van der Waals surface area contributed by atoms with Gasteiger partial charge < -0.3 is 10.6 Å². The fourth-order valence-corrected chi connectivity index (χ4v) is 4.12. The van der Waals surface area contributed by atoms with Crippen LogP contribution in [0.15, 0.2) is 73.1 Å². The van der Waals surface area contributed by atoms with Gasteiger partial charge in [0.1, 0.15) is 6.33 Å². The zero-order valence-electron chi connectivity index (χ0n) is 19.1. The normalized spacial score (nSPS) is 11.4. The molecule has 0 aliphatic rings. The van der Waals surface area contributed by atoms with Gasteiger partial charge in [0.15, 0.2) is 0 Å². The Balaban J connectivity index is 1.64. The summed E-state index contributed by atoms with van der Waals surface area (Å²) in [6.45, 7) is 2.18. The zero-order chi connectivity index (χ0) is 25.7. The minimum absolute atomic E-state index is 0.0204. The maximum absolute atomic E-state index is 11.9. The van der Waals surface area contributed by atoms with E-state index in [9.17, 15) is 15.4 Å². The zero-order valence-corrected chi connectivity index (χ0v) is 20.6. The van der Waals surface area contributed by atoms with Crippen molar-refractivity contribution < 1.29 is 4.92 Å². The predicted octanol–water partition coefficient (Wildman–Crippen LogP) is 7.01. The van der Waals surface area contributed by atoms with Crippen molar-refractivity contribution in [1.29, 1.82) is 5.26 Å². The number of aryl methyl sites for hydroxylation is 1. The van der Waals surface area contributed by atoms with Crippen LogP contribution in [-0.2, 0) is 6.54 Å². The van der Waals surface area contributed by atoms with E-state index >= 15 is 0 Å². The van der Waals surface area contributed by atoms with Crippen LogP contribution in [0.25, 0.3) is 0 Å². The fraction of sp³-hybridized carbons (Fsp3) is 0.115. The molecule has 1 aromatic heterocycles. The molecule has 4 rings (SSSR count). The molecule has 0 spiro atoms. The first-order valence-electron chi connectivity index (χ1n) is 10.9. The first kappa shape index (κ1) is 24.9. The first-order chi connectivity index (χ1) is 17.4. The summed E-state index contributed by atoms with van der Waals surface area (Å²) in [6.07, 6.45) is 1.25. The predicted molar refractivity (Wildman–Crippen MR) is 141 cm³/mol. The highest BCUT2D eigenvalue weighted by atomic mass is 35.5. The van der Waals surface area contributed by atoms with Crippen molar-refractivity contribution >= 4 is 46.2 Å². The topological polar surface area (TPSA) is 117 Å². The molecule has 1 unspecified atom stereocenters. The van der Waals surface area contributed by atoms with E-state index in [1.54, 1.807) is 36.4 Å². The lowest BCUT2D eigenvalue weighted by Crippen LogP contribution is -2.09. The number of anilines is 3. The molecule has 2 N–H and O–H groups in total. The number of hydrogen-bond acceptors (Lipinski definition) is 7. The summed E-state index contributed by atoms with van der Waals surface area (Å²) in [5.74, 6) is -0.495. The molecule has 10 heteroatoms. The van der Waals surface area contributed by atoms with Crippen LogP contribution in [0.4, 0.5) is 23.0 Å². The van der Waals surface area contributed by atoms with Crippen LogP contribution in [0.1, 0.15) is 28.2 Å². The Morgan fingerprint density at radius 1 is 1.06 bits per heavy atom. The average molecular weight is 519 g/mol. The van der Waals surface area contributed by atoms with E-state index < -0.39 is 10.8 Å². The molecule has 0 aliphatic carbocycles. The summed E-state index contributed by atoms with van der Waals surface area (Å²) in [5.41, 5.74) is 3.29. The monoisotopic (exact) mass is 518 g/mol. The number of nitrogens with one attached hydrogen (secondary N) is 2. The molecule has 0 fully saturated rings. The number of halogens is 2. The number of hydrogen-bond donors (Lipinski definition) is 2. The molecule has 0 radical (unpaired) electrons. The Labute approximate surface area is 217 Å². The van der Waals surface area contributed by atoms with Crippen LogP contribution >= 0.6 is 23.2 Å². The summed E-state index contributed by atoms with van der Waals surface area (Å²) in [7, 11) is 0. The van der Waals surface area contributed by atoms with E-state index in [1.165, 1.54) is 6.33 Å². The Morgan fingerprint density at radius 2 is 1.75 bits per heavy atom. The van der Waals surface area contributed by atoms with Crippen LogP contribution in [0.2, 0.25) is 10.0 Å². The number of benzene rings is 3. The lowest BCUT2D eigenvalue weighted by atomic mass is 9.91. The summed E-state index contributed by atoms with van der Waals surface area (Å²) in [5, 5.41) is 28.7. The minimum atomic E-state index is -0.607. The van der Waals surface area contributed by atoms with E-state index in [0.29, 0.717) is 27.8 Å². The van der Waals surface area contributed by atoms with Crippen molar-refractivity contribution in [1.82, 2.24) is 9.97 Å². The highest BCUT2D eigenvalue weighted by Crippen LogP contribution is 2.37. The maximum Gasteiger partial charge on any atom is 0.353 e. The summed E-state index contributed by atoms with van der Waals surface area (Å²) in [6, 6.07) is 22.2. The van der Waals surface area contributed by atoms with Gasteiger partial charge in [0.05, 0.1) is 16.9 Å². The lowest BCUT2D eigenvalue weighted by Gasteiger charge is -2.17. The molecule has 0 aliphatic heterocycles. The van der Waals surface area contributed by atoms with Crippen LogP contribution in [0.3, 0.4) is 0 Å². The fourth-order valence-electron chi connectivity index (χ4n) is 3.72. The van der Waals surface area contributed by atoms with Gasteiger partial charge in [-0.3, -0.25) is 10.1 Å². The highest BCUT2D eigenvalue weighted by molar-refractivity contribution is 6.32. The molecule has 1 atom stereocenters. The van der Waals surface area contributed by atoms with Crippen molar-refractivity contribution in [3.8, 4) is 6.07 Å². The van der Waals surface area contributed by atoms with Gasteiger partial charge in [0.25, 0.3) is 0 Å². The highest BCUT2D eigenvalue weighted by Gasteiger charge is 2.24. The van der Waals surface area contributed by atoms with Gasteiger partial charge in [-0.05, 0) is 47.4 Å². The Kier molecular flexibility index (Phi) is 7.64. The molecular weight excluding hydrogens is 499 g/mol. The van der Waals surface area contributed by atoms with E-state index in [-0.39, 0.29) is 17.3 Å². The Morgan fingerprint density at radius 3 is 2.42 bits per heavy atom. The number of nitrogens with zero attached hydrogens (tertiary/aromatic N) is 4. The van der Waals surface area contributed by atoms with E-state index in [4.69, 9.17) is 23.2 Å². The second-order valence-electron chi connectivity index (χ2n) is 7.94. The standard InChI is InChI=1S/C26H20Cl2N6O2/c1-16-11-20(21(13-29)18-7-9-19(27)10-8-18)22(28)12-23(16)33-26-24(34(35)36)25(31-15-32-26)30-14-17-5-3-2-4-6-17/h2-12,15,21H,14H2,1H3,(H2,30,31,32,33). The molecule has 180 valence electrons.